The van der Waals surface area contributed by atoms with E-state index in [9.17, 15) is 9.59 Å². The van der Waals surface area contributed by atoms with Crippen LogP contribution in [-0.4, -0.2) is 18.4 Å². The molecular weight excluding hydrogens is 362 g/mol. The molecule has 2 amide bonds. The lowest BCUT2D eigenvalue weighted by atomic mass is 10.1. The average molecular weight is 387 g/mol. The normalized spacial score (nSPS) is 11.5. The Bertz CT molecular complexity index is 969. The molecule has 1 unspecified atom stereocenters. The number of carbonyl (C=O) groups excluding carboxylic acids is 2. The fraction of sp³-hybridized carbons (Fsp3) is 0.167. The minimum Gasteiger partial charge on any atom is -0.325 e. The van der Waals surface area contributed by atoms with Gasteiger partial charge in [0.05, 0.1) is 6.54 Å². The number of aryl methyl sites for hydroxylation is 1. The maximum Gasteiger partial charge on any atom is 0.255 e. The second-order valence-electron chi connectivity index (χ2n) is 6.96. The molecule has 29 heavy (non-hydrogen) atoms. The topological polar surface area (TPSA) is 70.2 Å². The third-order valence-corrected chi connectivity index (χ3v) is 4.58. The van der Waals surface area contributed by atoms with E-state index >= 15 is 0 Å². The van der Waals surface area contributed by atoms with Gasteiger partial charge in [0, 0.05) is 23.0 Å². The van der Waals surface area contributed by atoms with Crippen molar-refractivity contribution in [2.75, 3.05) is 17.2 Å². The second-order valence-corrected chi connectivity index (χ2v) is 6.96. The first-order valence-electron chi connectivity index (χ1n) is 9.57. The van der Waals surface area contributed by atoms with E-state index in [4.69, 9.17) is 0 Å². The van der Waals surface area contributed by atoms with Crippen LogP contribution in [0.15, 0.2) is 78.9 Å². The average Bonchev–Trinajstić information content (AvgIpc) is 2.74. The van der Waals surface area contributed by atoms with Crippen molar-refractivity contribution in [3.63, 3.8) is 0 Å². The van der Waals surface area contributed by atoms with Gasteiger partial charge in [0.15, 0.2) is 0 Å². The molecule has 0 fully saturated rings. The lowest BCUT2D eigenvalue weighted by molar-refractivity contribution is -0.115. The van der Waals surface area contributed by atoms with Gasteiger partial charge < -0.3 is 16.0 Å². The number of carbonyl (C=O) groups is 2. The minimum absolute atomic E-state index is 0.0844. The molecule has 1 atom stereocenters. The van der Waals surface area contributed by atoms with Gasteiger partial charge >= 0.3 is 0 Å². The number of nitrogens with one attached hydrogen (secondary N) is 3. The van der Waals surface area contributed by atoms with Gasteiger partial charge in [0.25, 0.3) is 5.91 Å². The van der Waals surface area contributed by atoms with Crippen LogP contribution in [0.1, 0.15) is 34.5 Å². The highest BCUT2D eigenvalue weighted by molar-refractivity contribution is 6.04. The molecule has 0 bridgehead atoms. The van der Waals surface area contributed by atoms with E-state index < -0.39 is 0 Å². The summed E-state index contributed by atoms with van der Waals surface area (Å²) in [5.74, 6) is -0.283. The molecule has 3 aromatic rings. The Morgan fingerprint density at radius 1 is 0.828 bits per heavy atom. The summed E-state index contributed by atoms with van der Waals surface area (Å²) in [6.45, 7) is 4.18. The van der Waals surface area contributed by atoms with E-state index in [2.05, 4.69) is 16.0 Å². The number of anilines is 2. The highest BCUT2D eigenvalue weighted by Crippen LogP contribution is 2.15. The standard InChI is InChI=1S/C24H25N3O2/c1-17-7-6-10-20(15-17)24(29)27-22-13-11-21(12-14-22)26-23(28)16-25-18(2)19-8-4-3-5-9-19/h3-15,18,25H,16H2,1-2H3,(H,26,28)(H,27,29). The van der Waals surface area contributed by atoms with Gasteiger partial charge in [0.2, 0.25) is 5.91 Å². The number of rotatable bonds is 7. The van der Waals surface area contributed by atoms with Crippen LogP contribution in [-0.2, 0) is 4.79 Å². The van der Waals surface area contributed by atoms with Gasteiger partial charge in [-0.25, -0.2) is 0 Å². The van der Waals surface area contributed by atoms with Crippen molar-refractivity contribution in [3.05, 3.63) is 95.6 Å². The van der Waals surface area contributed by atoms with Gasteiger partial charge in [-0.05, 0) is 55.8 Å². The largest absolute Gasteiger partial charge is 0.325 e. The predicted octanol–water partition coefficient (Wildman–Crippen LogP) is 4.54. The molecule has 148 valence electrons. The minimum atomic E-state index is -0.162. The van der Waals surface area contributed by atoms with Crippen molar-refractivity contribution in [1.82, 2.24) is 5.32 Å². The Morgan fingerprint density at radius 2 is 1.48 bits per heavy atom. The first-order valence-corrected chi connectivity index (χ1v) is 9.57. The van der Waals surface area contributed by atoms with Crippen LogP contribution < -0.4 is 16.0 Å². The van der Waals surface area contributed by atoms with Crippen LogP contribution in [0.4, 0.5) is 11.4 Å². The van der Waals surface area contributed by atoms with E-state index in [1.165, 1.54) is 0 Å². The molecule has 0 aliphatic rings. The Morgan fingerprint density at radius 3 is 2.14 bits per heavy atom. The van der Waals surface area contributed by atoms with Crippen molar-refractivity contribution < 1.29 is 9.59 Å². The summed E-state index contributed by atoms with van der Waals surface area (Å²) < 4.78 is 0. The van der Waals surface area contributed by atoms with E-state index in [0.29, 0.717) is 16.9 Å². The Labute approximate surface area is 171 Å². The van der Waals surface area contributed by atoms with Gasteiger partial charge in [0.1, 0.15) is 0 Å². The van der Waals surface area contributed by atoms with Crippen molar-refractivity contribution >= 4 is 23.2 Å². The first-order chi connectivity index (χ1) is 14.0. The third kappa shape index (κ3) is 6.02. The van der Waals surface area contributed by atoms with E-state index in [0.717, 1.165) is 11.1 Å². The lowest BCUT2D eigenvalue weighted by Crippen LogP contribution is -2.30. The van der Waals surface area contributed by atoms with Crippen molar-refractivity contribution in [2.24, 2.45) is 0 Å². The van der Waals surface area contributed by atoms with Crippen LogP contribution in [0.25, 0.3) is 0 Å². The zero-order valence-corrected chi connectivity index (χ0v) is 16.6. The Hall–Kier alpha value is -3.44. The van der Waals surface area contributed by atoms with Gasteiger partial charge in [-0.3, -0.25) is 9.59 Å². The lowest BCUT2D eigenvalue weighted by Gasteiger charge is -2.14. The molecule has 3 N–H and O–H groups in total. The smallest absolute Gasteiger partial charge is 0.255 e. The molecule has 0 aromatic heterocycles. The zero-order valence-electron chi connectivity index (χ0n) is 16.6. The highest BCUT2D eigenvalue weighted by atomic mass is 16.2. The molecular formula is C24H25N3O2. The summed E-state index contributed by atoms with van der Waals surface area (Å²) in [4.78, 5) is 24.5. The van der Waals surface area contributed by atoms with Crippen molar-refractivity contribution in [2.45, 2.75) is 19.9 Å². The Kier molecular flexibility index (Phi) is 6.76. The third-order valence-electron chi connectivity index (χ3n) is 4.58. The summed E-state index contributed by atoms with van der Waals surface area (Å²) in [7, 11) is 0. The maximum atomic E-state index is 12.3. The molecule has 0 saturated heterocycles. The Balaban J connectivity index is 1.49. The molecule has 0 spiro atoms. The van der Waals surface area contributed by atoms with Crippen LogP contribution >= 0.6 is 0 Å². The molecule has 0 aliphatic heterocycles. The van der Waals surface area contributed by atoms with Gasteiger partial charge in [-0.15, -0.1) is 0 Å². The predicted molar refractivity (Wildman–Crippen MR) is 117 cm³/mol. The summed E-state index contributed by atoms with van der Waals surface area (Å²) in [6.07, 6.45) is 0. The van der Waals surface area contributed by atoms with Crippen molar-refractivity contribution in [1.29, 1.82) is 0 Å². The summed E-state index contributed by atoms with van der Waals surface area (Å²) >= 11 is 0. The summed E-state index contributed by atoms with van der Waals surface area (Å²) in [5, 5.41) is 8.92. The first kappa shape index (κ1) is 20.3. The molecule has 0 heterocycles. The fourth-order valence-electron chi connectivity index (χ4n) is 2.94. The van der Waals surface area contributed by atoms with E-state index in [-0.39, 0.29) is 24.4 Å². The highest BCUT2D eigenvalue weighted by Gasteiger charge is 2.09. The number of benzene rings is 3. The molecule has 5 heteroatoms. The molecule has 0 aliphatic carbocycles. The monoisotopic (exact) mass is 387 g/mol. The number of amides is 2. The van der Waals surface area contributed by atoms with Crippen LogP contribution in [0.5, 0.6) is 0 Å². The van der Waals surface area contributed by atoms with Crippen LogP contribution in [0, 0.1) is 6.92 Å². The molecule has 5 nitrogen and oxygen atoms in total. The van der Waals surface area contributed by atoms with E-state index in [1.54, 1.807) is 30.3 Å². The second kappa shape index (κ2) is 9.66. The number of hydrogen-bond donors (Lipinski definition) is 3. The van der Waals surface area contributed by atoms with Crippen molar-refractivity contribution in [3.8, 4) is 0 Å². The van der Waals surface area contributed by atoms with Gasteiger partial charge in [-0.1, -0.05) is 48.0 Å². The van der Waals surface area contributed by atoms with Crippen LogP contribution in [0.2, 0.25) is 0 Å². The molecule has 0 saturated carbocycles. The zero-order chi connectivity index (χ0) is 20.6. The van der Waals surface area contributed by atoms with E-state index in [1.807, 2.05) is 62.4 Å². The van der Waals surface area contributed by atoms with Crippen LogP contribution in [0.3, 0.4) is 0 Å². The van der Waals surface area contributed by atoms with Gasteiger partial charge in [-0.2, -0.15) is 0 Å². The fourth-order valence-corrected chi connectivity index (χ4v) is 2.94. The summed E-state index contributed by atoms with van der Waals surface area (Å²) in [5.41, 5.74) is 4.13. The molecule has 0 radical (unpaired) electrons. The molecule has 3 aromatic carbocycles. The summed E-state index contributed by atoms with van der Waals surface area (Å²) in [6, 6.07) is 24.6. The molecule has 3 rings (SSSR count). The quantitative estimate of drug-likeness (QED) is 0.558. The SMILES string of the molecule is Cc1cccc(C(=O)Nc2ccc(NC(=O)CNC(C)c3ccccc3)cc2)c1. The number of hydrogen-bond acceptors (Lipinski definition) is 3. The maximum absolute atomic E-state index is 12.3.